The number of oxime groups is 1. The number of azo groups is 1. The lowest BCUT2D eigenvalue weighted by Gasteiger charge is -2.10. The number of carbonyl (C=O) groups is 1. The van der Waals surface area contributed by atoms with Crippen LogP contribution in [0, 0.1) is 0 Å². The van der Waals surface area contributed by atoms with Crippen LogP contribution in [0.1, 0.15) is 11.8 Å². The number of aromatic nitrogens is 1. The smallest absolute Gasteiger partial charge is 0.304 e. The zero-order valence-corrected chi connectivity index (χ0v) is 16.7. The lowest BCUT2D eigenvalue weighted by molar-refractivity contribution is -0.882. The van der Waals surface area contributed by atoms with Crippen molar-refractivity contribution in [3.8, 4) is 5.88 Å². The van der Waals surface area contributed by atoms with E-state index in [0.29, 0.717) is 12.4 Å². The molecule has 0 aliphatic heterocycles. The van der Waals surface area contributed by atoms with Crippen molar-refractivity contribution in [2.45, 2.75) is 13.6 Å². The zero-order chi connectivity index (χ0) is 20.1. The lowest BCUT2D eigenvalue weighted by atomic mass is 10.2. The lowest BCUT2D eigenvalue weighted by Crippen LogP contribution is -3.04. The first-order valence-electron chi connectivity index (χ1n) is 8.71. The molecule has 3 aromatic rings. The number of hydrogen-bond donors (Lipinski definition) is 2. The van der Waals surface area contributed by atoms with Crippen LogP contribution in [0.3, 0.4) is 0 Å². The van der Waals surface area contributed by atoms with E-state index in [-0.39, 0.29) is 18.2 Å². The summed E-state index contributed by atoms with van der Waals surface area (Å²) in [5.74, 6) is -0.608. The van der Waals surface area contributed by atoms with Gasteiger partial charge in [-0.05, 0) is 24.4 Å². The first kappa shape index (κ1) is 19.7. The van der Waals surface area contributed by atoms with Gasteiger partial charge in [0, 0.05) is 5.39 Å². The van der Waals surface area contributed by atoms with E-state index < -0.39 is 5.91 Å². The number of hydrogen-bond acceptors (Lipinski definition) is 6. The quantitative estimate of drug-likeness (QED) is 0.363. The third kappa shape index (κ3) is 4.44. The summed E-state index contributed by atoms with van der Waals surface area (Å²) in [6, 6.07) is 11.3. The fourth-order valence-corrected chi connectivity index (χ4v) is 3.36. The second kappa shape index (κ2) is 8.77. The molecule has 2 N–H and O–H groups in total. The minimum atomic E-state index is -0.586. The van der Waals surface area contributed by atoms with Crippen LogP contribution in [-0.2, 0) is 16.3 Å². The van der Waals surface area contributed by atoms with E-state index in [4.69, 9.17) is 4.84 Å². The van der Waals surface area contributed by atoms with Crippen LogP contribution in [-0.4, -0.2) is 42.0 Å². The highest BCUT2D eigenvalue weighted by atomic mass is 32.1. The average Bonchev–Trinajstić information content (AvgIpc) is 3.28. The van der Waals surface area contributed by atoms with Crippen molar-refractivity contribution in [1.29, 1.82) is 0 Å². The number of thiophene rings is 1. The summed E-state index contributed by atoms with van der Waals surface area (Å²) in [5.41, 5.74) is 1.78. The molecular formula is C19H22N5O3S+. The van der Waals surface area contributed by atoms with Crippen molar-refractivity contribution < 1.29 is 19.6 Å². The van der Waals surface area contributed by atoms with Gasteiger partial charge in [-0.15, -0.1) is 21.6 Å². The minimum absolute atomic E-state index is 0.0218. The highest BCUT2D eigenvalue weighted by Gasteiger charge is 2.18. The molecule has 28 heavy (non-hydrogen) atoms. The number of rotatable bonds is 7. The summed E-state index contributed by atoms with van der Waals surface area (Å²) in [6.45, 7) is 2.03. The molecule has 0 aliphatic carbocycles. The van der Waals surface area contributed by atoms with Crippen LogP contribution in [0.2, 0.25) is 0 Å². The molecule has 0 aliphatic rings. The molecule has 0 bridgehead atoms. The summed E-state index contributed by atoms with van der Waals surface area (Å²) in [5, 5.41) is 24.8. The van der Waals surface area contributed by atoms with Crippen LogP contribution in [0.4, 0.5) is 5.69 Å². The molecule has 2 heterocycles. The fourth-order valence-electron chi connectivity index (χ4n) is 2.69. The Hall–Kier alpha value is -3.04. The standard InChI is InChI=1S/C19H21N5O3S/c1-13(16-9-6-10-28-16)22-27-11-17(25)20-21-18-14-7-4-5-8-15(14)24(19(18)26)12-23(2)3/h4-10,26H,11-12H2,1-3H3/p+1/b21-20?,22-13+. The van der Waals surface area contributed by atoms with Gasteiger partial charge in [0.2, 0.25) is 5.88 Å². The van der Waals surface area contributed by atoms with E-state index in [2.05, 4.69) is 15.4 Å². The second-order valence-electron chi connectivity index (χ2n) is 6.50. The van der Waals surface area contributed by atoms with Crippen molar-refractivity contribution in [1.82, 2.24) is 4.57 Å². The molecule has 0 atom stereocenters. The third-order valence-corrected chi connectivity index (χ3v) is 4.90. The maximum atomic E-state index is 12.0. The number of para-hydroxylation sites is 1. The van der Waals surface area contributed by atoms with Crippen LogP contribution in [0.25, 0.3) is 10.9 Å². The molecule has 8 nitrogen and oxygen atoms in total. The molecule has 2 aromatic heterocycles. The predicted molar refractivity (Wildman–Crippen MR) is 108 cm³/mol. The van der Waals surface area contributed by atoms with Gasteiger partial charge in [-0.25, -0.2) is 0 Å². The number of nitrogens with one attached hydrogen (secondary N) is 1. The van der Waals surface area contributed by atoms with Gasteiger partial charge >= 0.3 is 5.91 Å². The van der Waals surface area contributed by atoms with Crippen LogP contribution >= 0.6 is 11.3 Å². The van der Waals surface area contributed by atoms with Crippen molar-refractivity contribution in [3.05, 3.63) is 46.7 Å². The fraction of sp³-hybridized carbons (Fsp3) is 0.263. The van der Waals surface area contributed by atoms with Gasteiger partial charge in [-0.3, -0.25) is 9.36 Å². The molecule has 0 radical (unpaired) electrons. The molecule has 1 aromatic carbocycles. The number of aromatic hydroxyl groups is 1. The van der Waals surface area contributed by atoms with E-state index in [1.54, 1.807) is 11.5 Å². The van der Waals surface area contributed by atoms with Crippen LogP contribution in [0.5, 0.6) is 5.88 Å². The molecule has 146 valence electrons. The Labute approximate surface area is 166 Å². The van der Waals surface area contributed by atoms with Crippen LogP contribution in [0.15, 0.2) is 57.2 Å². The van der Waals surface area contributed by atoms with E-state index in [1.807, 2.05) is 55.9 Å². The summed E-state index contributed by atoms with van der Waals surface area (Å²) in [6.07, 6.45) is 0. The van der Waals surface area contributed by atoms with E-state index in [9.17, 15) is 9.90 Å². The molecular weight excluding hydrogens is 378 g/mol. The molecule has 0 fully saturated rings. The van der Waals surface area contributed by atoms with E-state index in [0.717, 1.165) is 20.7 Å². The first-order chi connectivity index (χ1) is 13.5. The van der Waals surface area contributed by atoms with Crippen molar-refractivity contribution in [3.63, 3.8) is 0 Å². The Morgan fingerprint density at radius 3 is 2.75 bits per heavy atom. The van der Waals surface area contributed by atoms with Crippen molar-refractivity contribution >= 4 is 39.5 Å². The van der Waals surface area contributed by atoms with Gasteiger partial charge in [0.1, 0.15) is 0 Å². The van der Waals surface area contributed by atoms with Crippen molar-refractivity contribution in [2.24, 2.45) is 15.4 Å². The topological polar surface area (TPSA) is 93.0 Å². The summed E-state index contributed by atoms with van der Waals surface area (Å²) in [4.78, 5) is 19.1. The zero-order valence-electron chi connectivity index (χ0n) is 15.9. The minimum Gasteiger partial charge on any atom is -0.493 e. The summed E-state index contributed by atoms with van der Waals surface area (Å²) >= 11 is 1.54. The second-order valence-corrected chi connectivity index (χ2v) is 7.45. The molecule has 0 saturated carbocycles. The Kier molecular flexibility index (Phi) is 6.17. The number of nitrogens with zero attached hydrogens (tertiary/aromatic N) is 4. The number of fused-ring (bicyclic) bond motifs is 1. The monoisotopic (exact) mass is 400 g/mol. The molecule has 0 spiro atoms. The molecule has 9 heteroatoms. The number of amides is 1. The number of quaternary nitrogens is 1. The van der Waals surface area contributed by atoms with E-state index in [1.165, 1.54) is 11.3 Å². The van der Waals surface area contributed by atoms with E-state index >= 15 is 0 Å². The highest BCUT2D eigenvalue weighted by Crippen LogP contribution is 2.38. The van der Waals surface area contributed by atoms with Crippen LogP contribution < -0.4 is 4.90 Å². The predicted octanol–water partition coefficient (Wildman–Crippen LogP) is 2.56. The Morgan fingerprint density at radius 2 is 2.04 bits per heavy atom. The molecule has 0 unspecified atom stereocenters. The van der Waals surface area contributed by atoms with Crippen molar-refractivity contribution in [2.75, 3.05) is 20.7 Å². The highest BCUT2D eigenvalue weighted by molar-refractivity contribution is 7.12. The van der Waals surface area contributed by atoms with Gasteiger partial charge < -0.3 is 14.8 Å². The first-order valence-corrected chi connectivity index (χ1v) is 9.59. The number of benzene rings is 1. The summed E-state index contributed by atoms with van der Waals surface area (Å²) < 4.78 is 1.74. The Balaban J connectivity index is 1.73. The van der Waals surface area contributed by atoms with Gasteiger partial charge in [-0.1, -0.05) is 29.4 Å². The van der Waals surface area contributed by atoms with Gasteiger partial charge in [-0.2, -0.15) is 0 Å². The average molecular weight is 400 g/mol. The largest absolute Gasteiger partial charge is 0.493 e. The summed E-state index contributed by atoms with van der Waals surface area (Å²) in [7, 11) is 3.96. The maximum absolute atomic E-state index is 12.0. The molecule has 0 saturated heterocycles. The molecule has 3 rings (SSSR count). The van der Waals surface area contributed by atoms with Gasteiger partial charge in [0.25, 0.3) is 0 Å². The number of carbonyl (C=O) groups excluding carboxylic acids is 1. The van der Waals surface area contributed by atoms with Gasteiger partial charge in [0.15, 0.2) is 19.0 Å². The maximum Gasteiger partial charge on any atom is 0.304 e. The third-order valence-electron chi connectivity index (χ3n) is 3.92. The molecule has 1 amide bonds. The Bertz CT molecular complexity index is 1020. The SMILES string of the molecule is C/C(=N\OCC(=O)N=Nc1c(O)n(C[NH+](C)C)c2ccccc12)c1cccs1. The normalized spacial score (nSPS) is 12.4. The van der Waals surface area contributed by atoms with Gasteiger partial charge in [0.05, 0.1) is 30.2 Å². The Morgan fingerprint density at radius 1 is 1.25 bits per heavy atom.